The summed E-state index contributed by atoms with van der Waals surface area (Å²) in [7, 11) is 4.29. The molecule has 166 valence electrons. The van der Waals surface area contributed by atoms with Crippen LogP contribution in [0.5, 0.6) is 17.2 Å². The minimum absolute atomic E-state index is 0.159. The third-order valence-corrected chi connectivity index (χ3v) is 4.39. The van der Waals surface area contributed by atoms with E-state index >= 15 is 0 Å². The third-order valence-electron chi connectivity index (χ3n) is 4.39. The molecule has 0 aliphatic carbocycles. The zero-order chi connectivity index (χ0) is 23.0. The number of ether oxygens (including phenoxy) is 4. The first-order valence-electron chi connectivity index (χ1n) is 9.35. The van der Waals surface area contributed by atoms with Crippen LogP contribution >= 0.6 is 0 Å². The molecule has 0 unspecified atom stereocenters. The van der Waals surface area contributed by atoms with Gasteiger partial charge in [0.25, 0.3) is 11.6 Å². The van der Waals surface area contributed by atoms with Crippen molar-refractivity contribution >= 4 is 17.6 Å². The van der Waals surface area contributed by atoms with Crippen LogP contribution in [0.1, 0.15) is 35.3 Å². The lowest BCUT2D eigenvalue weighted by Gasteiger charge is -2.19. The fraction of sp³-hybridized carbons (Fsp3) is 0.333. The first-order chi connectivity index (χ1) is 14.8. The van der Waals surface area contributed by atoms with Gasteiger partial charge < -0.3 is 24.3 Å². The number of nitro benzene ring substituents is 1. The van der Waals surface area contributed by atoms with Crippen LogP contribution in [-0.2, 0) is 9.53 Å². The summed E-state index contributed by atoms with van der Waals surface area (Å²) < 4.78 is 20.8. The molecule has 0 radical (unpaired) electrons. The number of nitro groups is 1. The fourth-order valence-corrected chi connectivity index (χ4v) is 2.95. The van der Waals surface area contributed by atoms with Crippen LogP contribution in [0.15, 0.2) is 36.4 Å². The third kappa shape index (κ3) is 5.84. The SMILES string of the molecule is CCOC(=O)C[C@@H](NC(=O)c1cc(OC)c(OC)c(OC)c1)c1cccc([N+](=O)[O-])c1. The minimum Gasteiger partial charge on any atom is -0.493 e. The summed E-state index contributed by atoms with van der Waals surface area (Å²) in [6.45, 7) is 1.83. The Morgan fingerprint density at radius 2 is 1.71 bits per heavy atom. The second-order valence-electron chi connectivity index (χ2n) is 6.30. The number of esters is 1. The summed E-state index contributed by atoms with van der Waals surface area (Å²) >= 11 is 0. The largest absolute Gasteiger partial charge is 0.493 e. The van der Waals surface area contributed by atoms with E-state index < -0.39 is 22.8 Å². The van der Waals surface area contributed by atoms with Crippen LogP contribution in [0.3, 0.4) is 0 Å². The van der Waals surface area contributed by atoms with Gasteiger partial charge in [-0.15, -0.1) is 0 Å². The van der Waals surface area contributed by atoms with E-state index in [-0.39, 0.29) is 35.8 Å². The molecule has 10 nitrogen and oxygen atoms in total. The molecule has 1 N–H and O–H groups in total. The average Bonchev–Trinajstić information content (AvgIpc) is 2.77. The van der Waals surface area contributed by atoms with Crippen molar-refractivity contribution in [1.29, 1.82) is 0 Å². The highest BCUT2D eigenvalue weighted by Gasteiger charge is 2.24. The van der Waals surface area contributed by atoms with E-state index in [0.717, 1.165) is 0 Å². The normalized spacial score (nSPS) is 11.2. The zero-order valence-electron chi connectivity index (χ0n) is 17.7. The van der Waals surface area contributed by atoms with E-state index in [1.807, 2.05) is 0 Å². The Morgan fingerprint density at radius 3 is 2.23 bits per heavy atom. The molecule has 0 aliphatic rings. The molecule has 0 saturated carbocycles. The van der Waals surface area contributed by atoms with Crippen LogP contribution in [0.4, 0.5) is 5.69 Å². The molecule has 0 saturated heterocycles. The molecule has 0 fully saturated rings. The van der Waals surface area contributed by atoms with Crippen molar-refractivity contribution < 1.29 is 33.5 Å². The van der Waals surface area contributed by atoms with Gasteiger partial charge in [-0.1, -0.05) is 12.1 Å². The molecule has 2 aromatic carbocycles. The summed E-state index contributed by atoms with van der Waals surface area (Å²) in [5, 5.41) is 13.9. The Balaban J connectivity index is 2.40. The fourth-order valence-electron chi connectivity index (χ4n) is 2.95. The van der Waals surface area contributed by atoms with E-state index in [1.165, 1.54) is 51.7 Å². The summed E-state index contributed by atoms with van der Waals surface area (Å²) in [4.78, 5) is 35.6. The number of methoxy groups -OCH3 is 3. The Labute approximate surface area is 179 Å². The maximum absolute atomic E-state index is 13.0. The van der Waals surface area contributed by atoms with Crippen LogP contribution in [0, 0.1) is 10.1 Å². The van der Waals surface area contributed by atoms with Gasteiger partial charge >= 0.3 is 5.97 Å². The number of benzene rings is 2. The van der Waals surface area contributed by atoms with Gasteiger partial charge in [0.15, 0.2) is 11.5 Å². The standard InChI is InChI=1S/C21H24N2O8/c1-5-31-19(24)12-16(13-7-6-8-15(9-13)23(26)27)22-21(25)14-10-17(28-2)20(30-4)18(11-14)29-3/h6-11,16H,5,12H2,1-4H3,(H,22,25)/t16-/m1/s1. The lowest BCUT2D eigenvalue weighted by molar-refractivity contribution is -0.384. The molecule has 31 heavy (non-hydrogen) atoms. The summed E-state index contributed by atoms with van der Waals surface area (Å²) in [6, 6.07) is 7.77. The van der Waals surface area contributed by atoms with Crippen molar-refractivity contribution in [3.63, 3.8) is 0 Å². The minimum atomic E-state index is -0.856. The number of carbonyl (C=O) groups is 2. The number of hydrogen-bond acceptors (Lipinski definition) is 8. The van der Waals surface area contributed by atoms with Crippen LogP contribution in [-0.4, -0.2) is 44.7 Å². The molecule has 1 atom stereocenters. The second-order valence-corrected chi connectivity index (χ2v) is 6.30. The van der Waals surface area contributed by atoms with Crippen molar-refractivity contribution in [3.05, 3.63) is 57.6 Å². The molecule has 0 spiro atoms. The lowest BCUT2D eigenvalue weighted by atomic mass is 10.0. The topological polar surface area (TPSA) is 126 Å². The average molecular weight is 432 g/mol. The van der Waals surface area contributed by atoms with E-state index in [1.54, 1.807) is 13.0 Å². The molecule has 2 rings (SSSR count). The molecular weight excluding hydrogens is 408 g/mol. The molecule has 0 heterocycles. The predicted octanol–water partition coefficient (Wildman–Crippen LogP) is 3.04. The number of non-ortho nitro benzene ring substituents is 1. The van der Waals surface area contributed by atoms with Crippen molar-refractivity contribution in [2.75, 3.05) is 27.9 Å². The molecule has 10 heteroatoms. The van der Waals surface area contributed by atoms with Gasteiger partial charge in [-0.05, 0) is 24.6 Å². The molecule has 0 aliphatic heterocycles. The monoisotopic (exact) mass is 432 g/mol. The summed E-state index contributed by atoms with van der Waals surface area (Å²) in [5.74, 6) is -0.207. The number of nitrogens with zero attached hydrogens (tertiary/aromatic N) is 1. The van der Waals surface area contributed by atoms with Crippen molar-refractivity contribution in [3.8, 4) is 17.2 Å². The highest BCUT2D eigenvalue weighted by molar-refractivity contribution is 5.96. The quantitative estimate of drug-likeness (QED) is 0.345. The van der Waals surface area contributed by atoms with Gasteiger partial charge in [0.2, 0.25) is 5.75 Å². The first kappa shape index (κ1) is 23.5. The lowest BCUT2D eigenvalue weighted by Crippen LogP contribution is -2.30. The Hall–Kier alpha value is -3.82. The van der Waals surface area contributed by atoms with Gasteiger partial charge in [0.1, 0.15) is 0 Å². The van der Waals surface area contributed by atoms with Gasteiger partial charge in [-0.3, -0.25) is 19.7 Å². The highest BCUT2D eigenvalue weighted by Crippen LogP contribution is 2.38. The smallest absolute Gasteiger partial charge is 0.308 e. The van der Waals surface area contributed by atoms with Gasteiger partial charge in [-0.25, -0.2) is 0 Å². The highest BCUT2D eigenvalue weighted by atomic mass is 16.6. The Bertz CT molecular complexity index is 935. The molecular formula is C21H24N2O8. The Morgan fingerprint density at radius 1 is 1.06 bits per heavy atom. The van der Waals surface area contributed by atoms with Crippen LogP contribution in [0.25, 0.3) is 0 Å². The summed E-state index contributed by atoms with van der Waals surface area (Å²) in [6.07, 6.45) is -0.203. The van der Waals surface area contributed by atoms with E-state index in [0.29, 0.717) is 11.3 Å². The van der Waals surface area contributed by atoms with E-state index in [4.69, 9.17) is 18.9 Å². The number of hydrogen-bond donors (Lipinski definition) is 1. The second kappa shape index (κ2) is 10.8. The van der Waals surface area contributed by atoms with Gasteiger partial charge in [-0.2, -0.15) is 0 Å². The predicted molar refractivity (Wildman–Crippen MR) is 111 cm³/mol. The van der Waals surface area contributed by atoms with Crippen molar-refractivity contribution in [2.45, 2.75) is 19.4 Å². The molecule has 0 bridgehead atoms. The number of amides is 1. The Kier molecular flexibility index (Phi) is 8.18. The van der Waals surface area contributed by atoms with Gasteiger partial charge in [0.05, 0.1) is 45.3 Å². The van der Waals surface area contributed by atoms with E-state index in [2.05, 4.69) is 5.32 Å². The zero-order valence-corrected chi connectivity index (χ0v) is 17.7. The van der Waals surface area contributed by atoms with Crippen molar-refractivity contribution in [2.24, 2.45) is 0 Å². The van der Waals surface area contributed by atoms with Crippen LogP contribution in [0.2, 0.25) is 0 Å². The van der Waals surface area contributed by atoms with Crippen LogP contribution < -0.4 is 19.5 Å². The maximum Gasteiger partial charge on any atom is 0.308 e. The number of carbonyl (C=O) groups excluding carboxylic acids is 2. The first-order valence-corrected chi connectivity index (χ1v) is 9.35. The summed E-state index contributed by atoms with van der Waals surface area (Å²) in [5.41, 5.74) is 0.422. The van der Waals surface area contributed by atoms with E-state index in [9.17, 15) is 19.7 Å². The number of nitrogens with one attached hydrogen (secondary N) is 1. The van der Waals surface area contributed by atoms with Gasteiger partial charge in [0, 0.05) is 17.7 Å². The molecule has 0 aromatic heterocycles. The molecule has 1 amide bonds. The molecule has 2 aromatic rings. The maximum atomic E-state index is 13.0. The number of rotatable bonds is 10. The van der Waals surface area contributed by atoms with Crippen molar-refractivity contribution in [1.82, 2.24) is 5.32 Å².